The molecular formula is C21H18FN3O4S2. The fourth-order valence-electron chi connectivity index (χ4n) is 2.77. The molecule has 1 aromatic heterocycles. The van der Waals surface area contributed by atoms with E-state index >= 15 is 0 Å². The number of hydrogen-bond acceptors (Lipinski definition) is 5. The summed E-state index contributed by atoms with van der Waals surface area (Å²) >= 11 is 1.19. The van der Waals surface area contributed by atoms with E-state index in [1.807, 2.05) is 0 Å². The molecule has 0 saturated heterocycles. The van der Waals surface area contributed by atoms with E-state index < -0.39 is 21.8 Å². The maximum absolute atomic E-state index is 13.1. The molecule has 3 aromatic rings. The fraction of sp³-hybridized carbons (Fsp3) is 0.143. The first-order valence-corrected chi connectivity index (χ1v) is 11.7. The number of hydrogen-bond donors (Lipinski definition) is 3. The van der Waals surface area contributed by atoms with Crippen LogP contribution in [-0.4, -0.2) is 26.3 Å². The van der Waals surface area contributed by atoms with Crippen molar-refractivity contribution in [3.05, 3.63) is 76.9 Å². The van der Waals surface area contributed by atoms with Gasteiger partial charge in [0.05, 0.1) is 9.77 Å². The van der Waals surface area contributed by atoms with E-state index in [1.54, 1.807) is 24.3 Å². The summed E-state index contributed by atoms with van der Waals surface area (Å²) in [6.45, 7) is 0. The van der Waals surface area contributed by atoms with Gasteiger partial charge in [-0.3, -0.25) is 20.4 Å². The lowest BCUT2D eigenvalue weighted by atomic mass is 10.2. The van der Waals surface area contributed by atoms with Gasteiger partial charge in [0.1, 0.15) is 5.82 Å². The van der Waals surface area contributed by atoms with E-state index in [9.17, 15) is 22.4 Å². The summed E-state index contributed by atoms with van der Waals surface area (Å²) in [4.78, 5) is 25.8. The van der Waals surface area contributed by atoms with E-state index in [4.69, 9.17) is 0 Å². The Balaban J connectivity index is 1.39. The van der Waals surface area contributed by atoms with Crippen molar-refractivity contribution in [3.63, 3.8) is 0 Å². The SMILES string of the molecule is O=C(NNC(=O)c1ccc(-c2ccc(F)cc2)s1)c1cccc(S(=O)(=O)NC2CC2)c1. The van der Waals surface area contributed by atoms with Gasteiger partial charge in [0.25, 0.3) is 11.8 Å². The van der Waals surface area contributed by atoms with Gasteiger partial charge in [-0.15, -0.1) is 11.3 Å². The first-order chi connectivity index (χ1) is 14.8. The topological polar surface area (TPSA) is 104 Å². The number of rotatable bonds is 6. The third-order valence-electron chi connectivity index (χ3n) is 4.55. The highest BCUT2D eigenvalue weighted by Gasteiger charge is 2.28. The number of halogens is 1. The average molecular weight is 460 g/mol. The van der Waals surface area contributed by atoms with Crippen molar-refractivity contribution < 1.29 is 22.4 Å². The van der Waals surface area contributed by atoms with Crippen LogP contribution in [0.15, 0.2) is 65.6 Å². The summed E-state index contributed by atoms with van der Waals surface area (Å²) in [6.07, 6.45) is 1.61. The summed E-state index contributed by atoms with van der Waals surface area (Å²) in [5.41, 5.74) is 5.47. The molecule has 0 radical (unpaired) electrons. The van der Waals surface area contributed by atoms with Gasteiger partial charge in [-0.2, -0.15) is 0 Å². The zero-order valence-electron chi connectivity index (χ0n) is 16.1. The first kappa shape index (κ1) is 21.2. The summed E-state index contributed by atoms with van der Waals surface area (Å²) in [5, 5.41) is 0. The summed E-state index contributed by atoms with van der Waals surface area (Å²) < 4.78 is 40.2. The smallest absolute Gasteiger partial charge is 0.267 e. The molecule has 160 valence electrons. The van der Waals surface area contributed by atoms with Crippen LogP contribution in [0.3, 0.4) is 0 Å². The molecule has 7 nitrogen and oxygen atoms in total. The lowest BCUT2D eigenvalue weighted by Crippen LogP contribution is -2.41. The van der Waals surface area contributed by atoms with Crippen molar-refractivity contribution in [3.8, 4) is 10.4 Å². The summed E-state index contributed by atoms with van der Waals surface area (Å²) in [7, 11) is -3.69. The molecule has 4 rings (SSSR count). The predicted octanol–water partition coefficient (Wildman–Crippen LogP) is 3.07. The second kappa shape index (κ2) is 8.58. The Morgan fingerprint density at radius 1 is 0.935 bits per heavy atom. The fourth-order valence-corrected chi connectivity index (χ4v) is 5.03. The third-order valence-corrected chi connectivity index (χ3v) is 7.21. The highest BCUT2D eigenvalue weighted by molar-refractivity contribution is 7.89. The summed E-state index contributed by atoms with van der Waals surface area (Å²) in [6, 6.07) is 14.8. The second-order valence-electron chi connectivity index (χ2n) is 7.00. The van der Waals surface area contributed by atoms with E-state index in [1.165, 1.54) is 47.7 Å². The van der Waals surface area contributed by atoms with Crippen LogP contribution in [0.1, 0.15) is 32.9 Å². The molecule has 0 unspecified atom stereocenters. The molecule has 0 aliphatic heterocycles. The van der Waals surface area contributed by atoms with Crippen molar-refractivity contribution in [2.24, 2.45) is 0 Å². The van der Waals surface area contributed by atoms with E-state index in [0.717, 1.165) is 23.3 Å². The molecule has 1 saturated carbocycles. The van der Waals surface area contributed by atoms with E-state index in [-0.39, 0.29) is 22.3 Å². The van der Waals surface area contributed by atoms with Gasteiger partial charge < -0.3 is 0 Å². The van der Waals surface area contributed by atoms with Crippen LogP contribution in [0.5, 0.6) is 0 Å². The third kappa shape index (κ3) is 5.16. The van der Waals surface area contributed by atoms with Crippen molar-refractivity contribution in [2.45, 2.75) is 23.8 Å². The lowest BCUT2D eigenvalue weighted by Gasteiger charge is -2.09. The Morgan fingerprint density at radius 2 is 1.65 bits per heavy atom. The number of amides is 2. The minimum absolute atomic E-state index is 0.0134. The minimum atomic E-state index is -3.69. The normalized spacial score (nSPS) is 13.6. The van der Waals surface area contributed by atoms with Crippen LogP contribution in [0.4, 0.5) is 4.39 Å². The van der Waals surface area contributed by atoms with Gasteiger partial charge in [0.2, 0.25) is 10.0 Å². The molecule has 3 N–H and O–H groups in total. The molecular weight excluding hydrogens is 441 g/mol. The minimum Gasteiger partial charge on any atom is -0.267 e. The Hall–Kier alpha value is -3.08. The molecule has 31 heavy (non-hydrogen) atoms. The van der Waals surface area contributed by atoms with Crippen LogP contribution in [0, 0.1) is 5.82 Å². The highest BCUT2D eigenvalue weighted by atomic mass is 32.2. The Morgan fingerprint density at radius 3 is 2.35 bits per heavy atom. The molecule has 10 heteroatoms. The number of sulfonamides is 1. The first-order valence-electron chi connectivity index (χ1n) is 9.41. The van der Waals surface area contributed by atoms with Gasteiger partial charge >= 0.3 is 0 Å². The molecule has 0 spiro atoms. The maximum atomic E-state index is 13.1. The molecule has 0 atom stereocenters. The van der Waals surface area contributed by atoms with Crippen LogP contribution in [0.2, 0.25) is 0 Å². The van der Waals surface area contributed by atoms with Gasteiger partial charge in [-0.05, 0) is 60.9 Å². The van der Waals surface area contributed by atoms with Crippen molar-refractivity contribution in [2.75, 3.05) is 0 Å². The molecule has 1 heterocycles. The molecule has 2 aromatic carbocycles. The van der Waals surface area contributed by atoms with E-state index in [0.29, 0.717) is 4.88 Å². The van der Waals surface area contributed by atoms with Gasteiger partial charge in [-0.25, -0.2) is 17.5 Å². The van der Waals surface area contributed by atoms with Crippen LogP contribution in [-0.2, 0) is 10.0 Å². The lowest BCUT2D eigenvalue weighted by molar-refractivity contribution is 0.0849. The molecule has 2 amide bonds. The van der Waals surface area contributed by atoms with Gasteiger partial charge in [0, 0.05) is 16.5 Å². The molecule has 1 aliphatic carbocycles. The number of hydrazine groups is 1. The molecule has 1 aliphatic rings. The zero-order chi connectivity index (χ0) is 22.0. The van der Waals surface area contributed by atoms with E-state index in [2.05, 4.69) is 15.6 Å². The zero-order valence-corrected chi connectivity index (χ0v) is 17.7. The number of benzene rings is 2. The van der Waals surface area contributed by atoms with Crippen LogP contribution >= 0.6 is 11.3 Å². The number of nitrogens with one attached hydrogen (secondary N) is 3. The quantitative estimate of drug-likeness (QED) is 0.493. The van der Waals surface area contributed by atoms with Crippen LogP contribution < -0.4 is 15.6 Å². The predicted molar refractivity (Wildman–Crippen MR) is 114 cm³/mol. The van der Waals surface area contributed by atoms with Gasteiger partial charge in [0.15, 0.2) is 0 Å². The standard InChI is InChI=1S/C21H18FN3O4S2/c22-15-6-4-13(5-7-15)18-10-11-19(30-18)21(27)24-23-20(26)14-2-1-3-17(12-14)31(28,29)25-16-8-9-16/h1-7,10-12,16,25H,8-9H2,(H,23,26)(H,24,27). The Labute approximate surface area is 182 Å². The Bertz CT molecular complexity index is 1240. The van der Waals surface area contributed by atoms with Crippen molar-refractivity contribution >= 4 is 33.2 Å². The molecule has 1 fully saturated rings. The molecule has 0 bridgehead atoms. The monoisotopic (exact) mass is 459 g/mol. The number of thiophene rings is 1. The second-order valence-corrected chi connectivity index (χ2v) is 9.80. The largest absolute Gasteiger partial charge is 0.279 e. The van der Waals surface area contributed by atoms with Gasteiger partial charge in [-0.1, -0.05) is 18.2 Å². The maximum Gasteiger partial charge on any atom is 0.279 e. The highest BCUT2D eigenvalue weighted by Crippen LogP contribution is 2.28. The van der Waals surface area contributed by atoms with Crippen molar-refractivity contribution in [1.29, 1.82) is 0 Å². The van der Waals surface area contributed by atoms with Crippen molar-refractivity contribution in [1.82, 2.24) is 15.6 Å². The number of carbonyl (C=O) groups is 2. The van der Waals surface area contributed by atoms with Crippen LogP contribution in [0.25, 0.3) is 10.4 Å². The number of carbonyl (C=O) groups excluding carboxylic acids is 2. The average Bonchev–Trinajstić information content (AvgIpc) is 3.42. The summed E-state index contributed by atoms with van der Waals surface area (Å²) in [5.74, 6) is -1.51. The Kier molecular flexibility index (Phi) is 5.86.